The SMILES string of the molecule is COc1cc2c(cc1NCC(=O)Nc1ccc(N3CCCCC3)cc1)oc1ccccc12. The Bertz CT molecular complexity index is 1240. The van der Waals surface area contributed by atoms with Gasteiger partial charge in [-0.3, -0.25) is 4.79 Å². The van der Waals surface area contributed by atoms with Gasteiger partial charge in [0.25, 0.3) is 0 Å². The summed E-state index contributed by atoms with van der Waals surface area (Å²) in [6.45, 7) is 2.33. The molecule has 1 aliphatic heterocycles. The van der Waals surface area contributed by atoms with Gasteiger partial charge in [-0.15, -0.1) is 0 Å². The summed E-state index contributed by atoms with van der Waals surface area (Å²) < 4.78 is 11.5. The van der Waals surface area contributed by atoms with E-state index in [1.807, 2.05) is 48.5 Å². The summed E-state index contributed by atoms with van der Waals surface area (Å²) in [6, 6.07) is 19.8. The minimum Gasteiger partial charge on any atom is -0.495 e. The first kappa shape index (κ1) is 20.2. The summed E-state index contributed by atoms with van der Waals surface area (Å²) in [6.07, 6.45) is 3.80. The fourth-order valence-corrected chi connectivity index (χ4v) is 4.35. The van der Waals surface area contributed by atoms with Gasteiger partial charge in [-0.1, -0.05) is 18.2 Å². The van der Waals surface area contributed by atoms with Gasteiger partial charge in [0, 0.05) is 41.3 Å². The maximum Gasteiger partial charge on any atom is 0.243 e. The standard InChI is InChI=1S/C26H27N3O3/c1-31-25-15-21-20-7-3-4-8-23(20)32-24(21)16-22(25)27-17-26(30)28-18-9-11-19(12-10-18)29-13-5-2-6-14-29/h3-4,7-12,15-16,27H,2,5-6,13-14,17H2,1H3,(H,28,30). The third-order valence-electron chi connectivity index (χ3n) is 6.01. The number of rotatable bonds is 6. The van der Waals surface area contributed by atoms with Crippen LogP contribution in [0.2, 0.25) is 0 Å². The van der Waals surface area contributed by atoms with Crippen molar-refractivity contribution in [3.05, 3.63) is 60.7 Å². The number of nitrogens with one attached hydrogen (secondary N) is 2. The van der Waals surface area contributed by atoms with Crippen LogP contribution < -0.4 is 20.3 Å². The number of anilines is 3. The van der Waals surface area contributed by atoms with Crippen LogP contribution in [0, 0.1) is 0 Å². The summed E-state index contributed by atoms with van der Waals surface area (Å²) in [5.41, 5.74) is 4.30. The minimum atomic E-state index is -0.123. The van der Waals surface area contributed by atoms with Gasteiger partial charge in [-0.25, -0.2) is 0 Å². The fourth-order valence-electron chi connectivity index (χ4n) is 4.35. The van der Waals surface area contributed by atoms with E-state index in [-0.39, 0.29) is 12.5 Å². The van der Waals surface area contributed by atoms with Crippen LogP contribution in [0.5, 0.6) is 5.75 Å². The number of hydrogen-bond donors (Lipinski definition) is 2. The van der Waals surface area contributed by atoms with Crippen LogP contribution in [0.3, 0.4) is 0 Å². The Morgan fingerprint density at radius 2 is 1.75 bits per heavy atom. The lowest BCUT2D eigenvalue weighted by molar-refractivity contribution is -0.114. The number of amides is 1. The van der Waals surface area contributed by atoms with Gasteiger partial charge in [-0.05, 0) is 55.7 Å². The molecule has 0 spiro atoms. The number of para-hydroxylation sites is 1. The van der Waals surface area contributed by atoms with Crippen molar-refractivity contribution in [3.8, 4) is 5.75 Å². The lowest BCUT2D eigenvalue weighted by atomic mass is 10.1. The number of piperidine rings is 1. The first-order chi connectivity index (χ1) is 15.7. The molecule has 0 aliphatic carbocycles. The Morgan fingerprint density at radius 3 is 2.53 bits per heavy atom. The molecular weight excluding hydrogens is 402 g/mol. The number of ether oxygens (including phenoxy) is 1. The van der Waals surface area contributed by atoms with Crippen LogP contribution in [-0.2, 0) is 4.79 Å². The van der Waals surface area contributed by atoms with E-state index >= 15 is 0 Å². The van der Waals surface area contributed by atoms with E-state index in [1.165, 1.54) is 24.9 Å². The van der Waals surface area contributed by atoms with E-state index in [0.29, 0.717) is 5.75 Å². The summed E-state index contributed by atoms with van der Waals surface area (Å²) in [5, 5.41) is 8.16. The predicted molar refractivity (Wildman–Crippen MR) is 130 cm³/mol. The van der Waals surface area contributed by atoms with Crippen LogP contribution in [0.1, 0.15) is 19.3 Å². The second kappa shape index (κ2) is 8.83. The van der Waals surface area contributed by atoms with Crippen molar-refractivity contribution in [2.24, 2.45) is 0 Å². The average molecular weight is 430 g/mol. The van der Waals surface area contributed by atoms with Gasteiger partial charge in [0.1, 0.15) is 16.9 Å². The molecular formula is C26H27N3O3. The first-order valence-corrected chi connectivity index (χ1v) is 11.1. The number of methoxy groups -OCH3 is 1. The molecule has 1 aromatic heterocycles. The quantitative estimate of drug-likeness (QED) is 0.415. The van der Waals surface area contributed by atoms with Crippen molar-refractivity contribution in [1.82, 2.24) is 0 Å². The molecule has 0 saturated carbocycles. The highest BCUT2D eigenvalue weighted by Gasteiger charge is 2.14. The van der Waals surface area contributed by atoms with Crippen molar-refractivity contribution in [2.45, 2.75) is 19.3 Å². The summed E-state index contributed by atoms with van der Waals surface area (Å²) in [5.74, 6) is 0.546. The Morgan fingerprint density at radius 1 is 0.969 bits per heavy atom. The van der Waals surface area contributed by atoms with Crippen LogP contribution in [0.15, 0.2) is 65.1 Å². The maximum absolute atomic E-state index is 12.5. The van der Waals surface area contributed by atoms with E-state index in [0.717, 1.165) is 46.4 Å². The largest absolute Gasteiger partial charge is 0.495 e. The van der Waals surface area contributed by atoms with Crippen LogP contribution >= 0.6 is 0 Å². The molecule has 0 radical (unpaired) electrons. The van der Waals surface area contributed by atoms with Crippen molar-refractivity contribution in [3.63, 3.8) is 0 Å². The Hall–Kier alpha value is -3.67. The maximum atomic E-state index is 12.5. The Labute approximate surface area is 187 Å². The van der Waals surface area contributed by atoms with Crippen molar-refractivity contribution in [2.75, 3.05) is 42.3 Å². The smallest absolute Gasteiger partial charge is 0.243 e. The number of fused-ring (bicyclic) bond motifs is 3. The number of furan rings is 1. The number of nitrogens with zero attached hydrogens (tertiary/aromatic N) is 1. The highest BCUT2D eigenvalue weighted by atomic mass is 16.5. The fraction of sp³-hybridized carbons (Fsp3) is 0.269. The van der Waals surface area contributed by atoms with Gasteiger partial charge in [-0.2, -0.15) is 0 Å². The van der Waals surface area contributed by atoms with Gasteiger partial charge < -0.3 is 24.7 Å². The van der Waals surface area contributed by atoms with E-state index in [9.17, 15) is 4.79 Å². The number of hydrogen-bond acceptors (Lipinski definition) is 5. The number of carbonyl (C=O) groups excluding carboxylic acids is 1. The lowest BCUT2D eigenvalue weighted by Crippen LogP contribution is -2.29. The molecule has 1 amide bonds. The molecule has 6 heteroatoms. The van der Waals surface area contributed by atoms with Crippen molar-refractivity contribution in [1.29, 1.82) is 0 Å². The van der Waals surface area contributed by atoms with Gasteiger partial charge >= 0.3 is 0 Å². The van der Waals surface area contributed by atoms with Crippen LogP contribution in [0.4, 0.5) is 17.1 Å². The van der Waals surface area contributed by atoms with E-state index in [1.54, 1.807) is 7.11 Å². The zero-order chi connectivity index (χ0) is 21.9. The van der Waals surface area contributed by atoms with Crippen molar-refractivity contribution < 1.29 is 13.9 Å². The monoisotopic (exact) mass is 429 g/mol. The van der Waals surface area contributed by atoms with Gasteiger partial charge in [0.2, 0.25) is 5.91 Å². The second-order valence-electron chi connectivity index (χ2n) is 8.14. The van der Waals surface area contributed by atoms with Gasteiger partial charge in [0.05, 0.1) is 19.3 Å². The molecule has 0 unspecified atom stereocenters. The number of benzene rings is 3. The molecule has 1 fully saturated rings. The topological polar surface area (TPSA) is 66.7 Å². The van der Waals surface area contributed by atoms with Crippen LogP contribution in [-0.4, -0.2) is 32.7 Å². The molecule has 6 nitrogen and oxygen atoms in total. The molecule has 2 heterocycles. The molecule has 32 heavy (non-hydrogen) atoms. The van der Waals surface area contributed by atoms with E-state index < -0.39 is 0 Å². The van der Waals surface area contributed by atoms with E-state index in [4.69, 9.17) is 9.15 Å². The molecule has 5 rings (SSSR count). The van der Waals surface area contributed by atoms with E-state index in [2.05, 4.69) is 27.7 Å². The molecule has 3 aromatic carbocycles. The molecule has 164 valence electrons. The zero-order valence-corrected chi connectivity index (χ0v) is 18.2. The zero-order valence-electron chi connectivity index (χ0n) is 18.2. The third kappa shape index (κ3) is 4.08. The number of carbonyl (C=O) groups is 1. The second-order valence-corrected chi connectivity index (χ2v) is 8.14. The average Bonchev–Trinajstić information content (AvgIpc) is 3.20. The molecule has 2 N–H and O–H groups in total. The Balaban J connectivity index is 1.25. The van der Waals surface area contributed by atoms with Gasteiger partial charge in [0.15, 0.2) is 0 Å². The molecule has 0 bridgehead atoms. The normalized spacial score (nSPS) is 14.0. The summed E-state index contributed by atoms with van der Waals surface area (Å²) in [4.78, 5) is 14.9. The lowest BCUT2D eigenvalue weighted by Gasteiger charge is -2.28. The molecule has 1 aliphatic rings. The summed E-state index contributed by atoms with van der Waals surface area (Å²) >= 11 is 0. The minimum absolute atomic E-state index is 0.121. The van der Waals surface area contributed by atoms with Crippen molar-refractivity contribution >= 4 is 44.9 Å². The predicted octanol–water partition coefficient (Wildman–Crippen LogP) is 5.64. The summed E-state index contributed by atoms with van der Waals surface area (Å²) in [7, 11) is 1.62. The molecule has 4 aromatic rings. The highest BCUT2D eigenvalue weighted by Crippen LogP contribution is 2.36. The molecule has 1 saturated heterocycles. The third-order valence-corrected chi connectivity index (χ3v) is 6.01. The first-order valence-electron chi connectivity index (χ1n) is 11.1. The highest BCUT2D eigenvalue weighted by molar-refractivity contribution is 6.06. The Kier molecular flexibility index (Phi) is 5.58. The van der Waals surface area contributed by atoms with Crippen LogP contribution in [0.25, 0.3) is 21.9 Å². The molecule has 0 atom stereocenters.